The number of carbonyl (C=O) groups excluding carboxylic acids is 4. The fourth-order valence-electron chi connectivity index (χ4n) is 6.80. The third-order valence-corrected chi connectivity index (χ3v) is 8.08. The SMILES string of the molecule is CCOc1ccc(C(C)=O)cc1N1C(=O)[C@@H]2C3c4ccccc4C(C(C)=O)(c4ccccc43)[C@H]2C1=O. The van der Waals surface area contributed by atoms with Gasteiger partial charge >= 0.3 is 0 Å². The summed E-state index contributed by atoms with van der Waals surface area (Å²) in [7, 11) is 0. The molecule has 0 radical (unpaired) electrons. The predicted molar refractivity (Wildman–Crippen MR) is 133 cm³/mol. The van der Waals surface area contributed by atoms with Crippen molar-refractivity contribution in [3.8, 4) is 5.75 Å². The van der Waals surface area contributed by atoms with Crippen LogP contribution in [0.15, 0.2) is 66.7 Å². The minimum Gasteiger partial charge on any atom is -0.492 e. The molecule has 2 bridgehead atoms. The Morgan fingerprint density at radius 1 is 0.889 bits per heavy atom. The Bertz CT molecular complexity index is 1440. The lowest BCUT2D eigenvalue weighted by molar-refractivity contribution is -0.132. The molecule has 1 fully saturated rings. The Hall–Kier alpha value is -4.06. The van der Waals surface area contributed by atoms with Gasteiger partial charge in [0, 0.05) is 11.5 Å². The summed E-state index contributed by atoms with van der Waals surface area (Å²) in [4.78, 5) is 55.6. The summed E-state index contributed by atoms with van der Waals surface area (Å²) in [6.07, 6.45) is 0. The molecule has 1 aliphatic heterocycles. The van der Waals surface area contributed by atoms with Gasteiger partial charge in [0.25, 0.3) is 0 Å². The molecule has 6 heteroatoms. The highest BCUT2D eigenvalue weighted by Gasteiger charge is 2.70. The van der Waals surface area contributed by atoms with Crippen molar-refractivity contribution in [1.82, 2.24) is 0 Å². The van der Waals surface area contributed by atoms with Crippen LogP contribution in [0.2, 0.25) is 0 Å². The average molecular weight is 480 g/mol. The third kappa shape index (κ3) is 2.61. The van der Waals surface area contributed by atoms with Crippen LogP contribution in [0.5, 0.6) is 5.75 Å². The summed E-state index contributed by atoms with van der Waals surface area (Å²) in [6, 6.07) is 20.1. The molecule has 3 aromatic rings. The van der Waals surface area contributed by atoms with Crippen molar-refractivity contribution in [2.75, 3.05) is 11.5 Å². The van der Waals surface area contributed by atoms with Gasteiger partial charge in [0.1, 0.15) is 11.5 Å². The van der Waals surface area contributed by atoms with E-state index in [1.165, 1.54) is 13.8 Å². The molecule has 36 heavy (non-hydrogen) atoms. The summed E-state index contributed by atoms with van der Waals surface area (Å²) in [6.45, 7) is 5.09. The van der Waals surface area contributed by atoms with Crippen molar-refractivity contribution in [2.24, 2.45) is 11.8 Å². The van der Waals surface area contributed by atoms with Crippen molar-refractivity contribution < 1.29 is 23.9 Å². The van der Waals surface area contributed by atoms with Gasteiger partial charge in [-0.1, -0.05) is 48.5 Å². The lowest BCUT2D eigenvalue weighted by Crippen LogP contribution is -2.57. The van der Waals surface area contributed by atoms with E-state index in [0.29, 0.717) is 17.9 Å². The van der Waals surface area contributed by atoms with Crippen LogP contribution < -0.4 is 9.64 Å². The number of anilines is 1. The van der Waals surface area contributed by atoms with Gasteiger partial charge in [0.15, 0.2) is 5.78 Å². The standard InChI is InChI=1S/C30H25NO5/c1-4-36-24-14-13-18(16(2)32)15-23(24)31-28(34)26-25-19-9-5-7-11-21(19)30(17(3)33,27(26)29(31)35)22-12-8-6-10-20(22)25/h5-15,25-27H,4H2,1-3H3/t25?,26-,27-,30?/m1/s1. The van der Waals surface area contributed by atoms with Gasteiger partial charge in [0.2, 0.25) is 11.8 Å². The minimum atomic E-state index is -1.27. The van der Waals surface area contributed by atoms with Crippen molar-refractivity contribution >= 4 is 29.1 Å². The number of imide groups is 1. The van der Waals surface area contributed by atoms with Crippen LogP contribution in [0.1, 0.15) is 59.3 Å². The quantitative estimate of drug-likeness (QED) is 0.400. The summed E-state index contributed by atoms with van der Waals surface area (Å²) in [5, 5.41) is 0. The van der Waals surface area contributed by atoms with Crippen LogP contribution in [0.3, 0.4) is 0 Å². The fourth-order valence-corrected chi connectivity index (χ4v) is 6.80. The lowest BCUT2D eigenvalue weighted by atomic mass is 9.46. The molecule has 0 unspecified atom stereocenters. The highest BCUT2D eigenvalue weighted by atomic mass is 16.5. The Labute approximate surface area is 208 Å². The molecule has 1 heterocycles. The van der Waals surface area contributed by atoms with E-state index in [2.05, 4.69) is 0 Å². The number of ether oxygens (including phenoxy) is 1. The van der Waals surface area contributed by atoms with Gasteiger partial charge in [-0.25, -0.2) is 4.90 Å². The maximum atomic E-state index is 14.3. The van der Waals surface area contributed by atoms with E-state index in [-0.39, 0.29) is 29.1 Å². The largest absolute Gasteiger partial charge is 0.492 e. The van der Waals surface area contributed by atoms with E-state index in [0.717, 1.165) is 27.2 Å². The second kappa shape index (κ2) is 7.72. The van der Waals surface area contributed by atoms with Gasteiger partial charge < -0.3 is 4.74 Å². The minimum absolute atomic E-state index is 0.166. The molecule has 6 nitrogen and oxygen atoms in total. The molecule has 0 spiro atoms. The summed E-state index contributed by atoms with van der Waals surface area (Å²) >= 11 is 0. The number of amides is 2. The average Bonchev–Trinajstić information content (AvgIpc) is 3.14. The van der Waals surface area contributed by atoms with Gasteiger partial charge in [-0.15, -0.1) is 0 Å². The second-order valence-corrected chi connectivity index (χ2v) is 9.70. The Kier molecular flexibility index (Phi) is 4.80. The molecular formula is C30H25NO5. The van der Waals surface area contributed by atoms with E-state index in [4.69, 9.17) is 4.74 Å². The molecule has 7 rings (SSSR count). The van der Waals surface area contributed by atoms with E-state index in [1.54, 1.807) is 18.2 Å². The summed E-state index contributed by atoms with van der Waals surface area (Å²) in [5.41, 5.74) is 2.79. The molecule has 2 atom stereocenters. The summed E-state index contributed by atoms with van der Waals surface area (Å²) in [5.74, 6) is -2.77. The first kappa shape index (κ1) is 22.4. The van der Waals surface area contributed by atoms with Crippen LogP contribution in [-0.4, -0.2) is 30.0 Å². The topological polar surface area (TPSA) is 80.8 Å². The number of ketones is 2. The number of rotatable bonds is 5. The molecule has 3 aromatic carbocycles. The van der Waals surface area contributed by atoms with Crippen LogP contribution in [0.25, 0.3) is 0 Å². The predicted octanol–water partition coefficient (Wildman–Crippen LogP) is 4.43. The first-order valence-electron chi connectivity index (χ1n) is 12.2. The van der Waals surface area contributed by atoms with Crippen molar-refractivity contribution in [3.63, 3.8) is 0 Å². The monoisotopic (exact) mass is 479 g/mol. The molecular weight excluding hydrogens is 454 g/mol. The molecule has 1 saturated heterocycles. The van der Waals surface area contributed by atoms with Crippen molar-refractivity contribution in [1.29, 1.82) is 0 Å². The first-order valence-corrected chi connectivity index (χ1v) is 12.2. The Morgan fingerprint density at radius 2 is 1.50 bits per heavy atom. The van der Waals surface area contributed by atoms with Crippen LogP contribution >= 0.6 is 0 Å². The van der Waals surface area contributed by atoms with Crippen molar-refractivity contribution in [3.05, 3.63) is 94.5 Å². The zero-order valence-electron chi connectivity index (χ0n) is 20.3. The van der Waals surface area contributed by atoms with E-state index >= 15 is 0 Å². The number of hydrogen-bond acceptors (Lipinski definition) is 5. The van der Waals surface area contributed by atoms with Crippen LogP contribution in [0, 0.1) is 11.8 Å². The highest BCUT2D eigenvalue weighted by Crippen LogP contribution is 2.64. The summed E-state index contributed by atoms with van der Waals surface area (Å²) < 4.78 is 5.78. The smallest absolute Gasteiger partial charge is 0.239 e. The van der Waals surface area contributed by atoms with E-state index in [9.17, 15) is 19.2 Å². The Balaban J connectivity index is 1.63. The van der Waals surface area contributed by atoms with Gasteiger partial charge in [-0.3, -0.25) is 19.2 Å². The van der Waals surface area contributed by atoms with E-state index in [1.807, 2.05) is 55.5 Å². The molecule has 2 amide bonds. The molecule has 0 saturated carbocycles. The maximum absolute atomic E-state index is 14.3. The van der Waals surface area contributed by atoms with Gasteiger partial charge in [-0.2, -0.15) is 0 Å². The first-order chi connectivity index (χ1) is 17.3. The number of Topliss-reactive ketones (excluding diaryl/α,β-unsaturated/α-hetero) is 2. The number of nitrogens with zero attached hydrogens (tertiary/aromatic N) is 1. The van der Waals surface area contributed by atoms with Gasteiger partial charge in [-0.05, 0) is 61.2 Å². The van der Waals surface area contributed by atoms with Crippen LogP contribution in [0.4, 0.5) is 5.69 Å². The number of benzene rings is 3. The Morgan fingerprint density at radius 3 is 2.06 bits per heavy atom. The molecule has 3 aliphatic carbocycles. The molecule has 0 N–H and O–H groups in total. The third-order valence-electron chi connectivity index (χ3n) is 8.08. The number of hydrogen-bond donors (Lipinski definition) is 0. The van der Waals surface area contributed by atoms with Gasteiger partial charge in [0.05, 0.1) is 29.5 Å². The van der Waals surface area contributed by atoms with Crippen molar-refractivity contribution in [2.45, 2.75) is 32.1 Å². The normalized spacial score (nSPS) is 25.3. The lowest BCUT2D eigenvalue weighted by Gasteiger charge is -2.52. The second-order valence-electron chi connectivity index (χ2n) is 9.70. The molecule has 4 aliphatic rings. The fraction of sp³-hybridized carbons (Fsp3) is 0.267. The zero-order chi connectivity index (χ0) is 25.4. The van der Waals surface area contributed by atoms with E-state index < -0.39 is 23.2 Å². The number of carbonyl (C=O) groups is 4. The highest BCUT2D eigenvalue weighted by molar-refractivity contribution is 6.26. The maximum Gasteiger partial charge on any atom is 0.239 e. The molecule has 180 valence electrons. The molecule has 0 aromatic heterocycles. The zero-order valence-corrected chi connectivity index (χ0v) is 20.3. The van der Waals surface area contributed by atoms with Crippen LogP contribution in [-0.2, 0) is 19.8 Å².